The first-order valence-electron chi connectivity index (χ1n) is 8.71. The van der Waals surface area contributed by atoms with Gasteiger partial charge in [0.1, 0.15) is 23.0 Å². The number of benzene rings is 2. The largest absolute Gasteiger partial charge is 0.238 e. The van der Waals surface area contributed by atoms with Gasteiger partial charge in [-0.05, 0) is 36.4 Å². The average molecular weight is 414 g/mol. The van der Waals surface area contributed by atoms with Gasteiger partial charge < -0.3 is 0 Å². The average Bonchev–Trinajstić information content (AvgIpc) is 3.31. The molecule has 29 heavy (non-hydrogen) atoms. The Morgan fingerprint density at radius 3 is 1.52 bits per heavy atom. The van der Waals surface area contributed by atoms with Crippen molar-refractivity contribution in [1.29, 1.82) is 0 Å². The fraction of sp³-hybridized carbons (Fsp3) is 0.100. The molecule has 9 heteroatoms. The molecule has 6 nitrogen and oxygen atoms in total. The molecular weight excluding hydrogens is 398 g/mol. The Bertz CT molecular complexity index is 1170. The quantitative estimate of drug-likeness (QED) is 0.485. The van der Waals surface area contributed by atoms with Gasteiger partial charge in [0, 0.05) is 12.4 Å². The molecule has 0 saturated heterocycles. The van der Waals surface area contributed by atoms with Crippen LogP contribution in [0.25, 0.3) is 11.4 Å². The highest BCUT2D eigenvalue weighted by atomic mass is 32.2. The number of sulfone groups is 1. The lowest BCUT2D eigenvalue weighted by Crippen LogP contribution is -2.10. The molecule has 0 bridgehead atoms. The number of nitrogens with zero attached hydrogens (tertiary/aromatic N) is 4. The van der Waals surface area contributed by atoms with Gasteiger partial charge in [0.25, 0.3) is 0 Å². The van der Waals surface area contributed by atoms with Crippen molar-refractivity contribution >= 4 is 9.84 Å². The van der Waals surface area contributed by atoms with Crippen molar-refractivity contribution in [2.75, 3.05) is 0 Å². The summed E-state index contributed by atoms with van der Waals surface area (Å²) in [4.78, 5) is 0. The molecule has 0 amide bonds. The van der Waals surface area contributed by atoms with Crippen LogP contribution in [0, 0.1) is 11.6 Å². The van der Waals surface area contributed by atoms with Crippen molar-refractivity contribution in [2.24, 2.45) is 0 Å². The maximum Gasteiger partial charge on any atom is 0.161 e. The van der Waals surface area contributed by atoms with E-state index in [0.29, 0.717) is 11.4 Å². The molecule has 4 rings (SSSR count). The van der Waals surface area contributed by atoms with Crippen molar-refractivity contribution in [3.8, 4) is 11.4 Å². The maximum atomic E-state index is 13.9. The van der Waals surface area contributed by atoms with Gasteiger partial charge in [-0.15, -0.1) is 0 Å². The number of hydrogen-bond acceptors (Lipinski definition) is 4. The van der Waals surface area contributed by atoms with Crippen LogP contribution in [-0.2, 0) is 21.3 Å². The highest BCUT2D eigenvalue weighted by molar-refractivity contribution is 7.89. The third-order valence-electron chi connectivity index (χ3n) is 4.22. The summed E-state index contributed by atoms with van der Waals surface area (Å²) in [7, 11) is -3.58. The van der Waals surface area contributed by atoms with Crippen molar-refractivity contribution in [3.63, 3.8) is 0 Å². The van der Waals surface area contributed by atoms with Crippen molar-refractivity contribution < 1.29 is 17.2 Å². The molecule has 0 atom stereocenters. The third kappa shape index (κ3) is 4.24. The SMILES string of the molecule is O=S(=O)(Cc1ccn(-c2ccccc2F)n1)Cc1ccn(-c2ccccc2F)n1. The van der Waals surface area contributed by atoms with E-state index < -0.39 is 21.5 Å². The minimum Gasteiger partial charge on any atom is -0.238 e. The number of aromatic nitrogens is 4. The van der Waals surface area contributed by atoms with E-state index in [0.717, 1.165) is 0 Å². The Hall–Kier alpha value is -3.33. The molecule has 0 aliphatic rings. The Labute approximate surface area is 166 Å². The topological polar surface area (TPSA) is 69.8 Å². The number of rotatable bonds is 6. The lowest BCUT2D eigenvalue weighted by Gasteiger charge is -2.03. The van der Waals surface area contributed by atoms with Crippen LogP contribution in [0.15, 0.2) is 73.1 Å². The summed E-state index contributed by atoms with van der Waals surface area (Å²) in [5.41, 5.74) is 1.06. The highest BCUT2D eigenvalue weighted by Gasteiger charge is 2.18. The molecule has 0 aliphatic heterocycles. The van der Waals surface area contributed by atoms with Crippen LogP contribution in [-0.4, -0.2) is 28.0 Å². The molecule has 2 heterocycles. The van der Waals surface area contributed by atoms with E-state index in [1.54, 1.807) is 36.4 Å². The van der Waals surface area contributed by atoms with Gasteiger partial charge in [0.15, 0.2) is 9.84 Å². The fourth-order valence-electron chi connectivity index (χ4n) is 2.92. The van der Waals surface area contributed by atoms with E-state index in [9.17, 15) is 17.2 Å². The summed E-state index contributed by atoms with van der Waals surface area (Å²) in [5.74, 6) is -1.55. The zero-order valence-electron chi connectivity index (χ0n) is 15.1. The van der Waals surface area contributed by atoms with E-state index in [1.165, 1.54) is 46.0 Å². The van der Waals surface area contributed by atoms with Gasteiger partial charge >= 0.3 is 0 Å². The molecule has 0 fully saturated rings. The Balaban J connectivity index is 1.49. The summed E-state index contributed by atoms with van der Waals surface area (Å²) in [6.45, 7) is 0. The van der Waals surface area contributed by atoms with E-state index in [-0.39, 0.29) is 22.9 Å². The van der Waals surface area contributed by atoms with Crippen LogP contribution in [0.3, 0.4) is 0 Å². The predicted octanol–water partition coefficient (Wildman–Crippen LogP) is 3.45. The van der Waals surface area contributed by atoms with Crippen LogP contribution < -0.4 is 0 Å². The predicted molar refractivity (Wildman–Crippen MR) is 103 cm³/mol. The lowest BCUT2D eigenvalue weighted by atomic mass is 10.3. The van der Waals surface area contributed by atoms with Crippen LogP contribution in [0.5, 0.6) is 0 Å². The normalized spacial score (nSPS) is 11.7. The second-order valence-electron chi connectivity index (χ2n) is 6.44. The molecule has 2 aromatic carbocycles. The molecule has 2 aromatic heterocycles. The van der Waals surface area contributed by atoms with Gasteiger partial charge in [0.05, 0.1) is 22.9 Å². The molecule has 148 valence electrons. The third-order valence-corrected chi connectivity index (χ3v) is 5.69. The van der Waals surface area contributed by atoms with Gasteiger partial charge in [-0.25, -0.2) is 26.6 Å². The Morgan fingerprint density at radius 2 is 1.10 bits per heavy atom. The monoisotopic (exact) mass is 414 g/mol. The summed E-state index contributed by atoms with van der Waals surface area (Å²) in [6, 6.07) is 15.2. The highest BCUT2D eigenvalue weighted by Crippen LogP contribution is 2.16. The second kappa shape index (κ2) is 7.59. The molecule has 0 saturated carbocycles. The van der Waals surface area contributed by atoms with E-state index in [4.69, 9.17) is 0 Å². The zero-order valence-corrected chi connectivity index (χ0v) is 15.9. The Morgan fingerprint density at radius 1 is 0.690 bits per heavy atom. The summed E-state index contributed by atoms with van der Waals surface area (Å²) in [6.07, 6.45) is 3.02. The first kappa shape index (κ1) is 19.0. The minimum absolute atomic E-state index is 0.236. The molecule has 0 unspecified atom stereocenters. The van der Waals surface area contributed by atoms with E-state index in [2.05, 4.69) is 10.2 Å². The van der Waals surface area contributed by atoms with Gasteiger partial charge in [-0.1, -0.05) is 24.3 Å². The number of hydrogen-bond donors (Lipinski definition) is 0. The Kier molecular flexibility index (Phi) is 4.98. The molecular formula is C20H16F2N4O2S. The first-order valence-corrected chi connectivity index (χ1v) is 10.5. The van der Waals surface area contributed by atoms with Crippen molar-refractivity contribution in [3.05, 3.63) is 96.1 Å². The van der Waals surface area contributed by atoms with Gasteiger partial charge in [-0.2, -0.15) is 10.2 Å². The molecule has 0 aliphatic carbocycles. The smallest absolute Gasteiger partial charge is 0.161 e. The summed E-state index contributed by atoms with van der Waals surface area (Å²) in [5, 5.41) is 8.31. The molecule has 0 radical (unpaired) electrons. The number of para-hydroxylation sites is 2. The van der Waals surface area contributed by atoms with Crippen molar-refractivity contribution in [2.45, 2.75) is 11.5 Å². The maximum absolute atomic E-state index is 13.9. The van der Waals surface area contributed by atoms with Crippen LogP contribution in [0.2, 0.25) is 0 Å². The van der Waals surface area contributed by atoms with E-state index >= 15 is 0 Å². The molecule has 0 spiro atoms. The van der Waals surface area contributed by atoms with Crippen LogP contribution in [0.1, 0.15) is 11.4 Å². The summed E-state index contributed by atoms with van der Waals surface area (Å²) >= 11 is 0. The second-order valence-corrected chi connectivity index (χ2v) is 8.50. The number of halogens is 2. The summed E-state index contributed by atoms with van der Waals surface area (Å²) < 4.78 is 55.4. The lowest BCUT2D eigenvalue weighted by molar-refractivity contribution is 0.591. The zero-order chi connectivity index (χ0) is 20.4. The fourth-order valence-corrected chi connectivity index (χ4v) is 4.23. The van der Waals surface area contributed by atoms with Crippen LogP contribution in [0.4, 0.5) is 8.78 Å². The van der Waals surface area contributed by atoms with Gasteiger partial charge in [0.2, 0.25) is 0 Å². The van der Waals surface area contributed by atoms with E-state index in [1.807, 2.05) is 0 Å². The first-order chi connectivity index (χ1) is 13.9. The molecule has 4 aromatic rings. The molecule has 0 N–H and O–H groups in total. The minimum atomic E-state index is -3.58. The van der Waals surface area contributed by atoms with Crippen molar-refractivity contribution in [1.82, 2.24) is 19.6 Å². The van der Waals surface area contributed by atoms with Crippen LogP contribution >= 0.6 is 0 Å². The van der Waals surface area contributed by atoms with Gasteiger partial charge in [-0.3, -0.25) is 0 Å². The standard InChI is InChI=1S/C20H16F2N4O2S/c21-17-5-1-3-7-19(17)25-11-9-15(23-25)13-29(27,28)14-16-10-12-26(24-16)20-8-4-2-6-18(20)22/h1-12H,13-14H2.